The van der Waals surface area contributed by atoms with Crippen LogP contribution in [0.25, 0.3) is 0 Å². The molecule has 2 saturated heterocycles. The Morgan fingerprint density at radius 1 is 1.09 bits per heavy atom. The second-order valence-electron chi connectivity index (χ2n) is 8.87. The van der Waals surface area contributed by atoms with Gasteiger partial charge in [0.15, 0.2) is 0 Å². The predicted octanol–water partition coefficient (Wildman–Crippen LogP) is 4.31. The molecule has 32 heavy (non-hydrogen) atoms. The van der Waals surface area contributed by atoms with Crippen LogP contribution >= 0.6 is 23.2 Å². The summed E-state index contributed by atoms with van der Waals surface area (Å²) in [7, 11) is -3.54. The van der Waals surface area contributed by atoms with Gasteiger partial charge in [-0.3, -0.25) is 4.79 Å². The van der Waals surface area contributed by atoms with Crippen molar-refractivity contribution in [1.29, 1.82) is 0 Å². The number of hydrogen-bond acceptors (Lipinski definition) is 4. The van der Waals surface area contributed by atoms with E-state index in [2.05, 4.69) is 17.1 Å². The molecule has 1 atom stereocenters. The van der Waals surface area contributed by atoms with Crippen LogP contribution < -0.4 is 5.32 Å². The highest BCUT2D eigenvalue weighted by atomic mass is 35.5. The van der Waals surface area contributed by atoms with Crippen molar-refractivity contribution in [1.82, 2.24) is 14.5 Å². The second-order valence-corrected chi connectivity index (χ2v) is 11.7. The molecule has 0 aromatic heterocycles. The van der Waals surface area contributed by atoms with E-state index in [1.807, 2.05) is 0 Å². The quantitative estimate of drug-likeness (QED) is 0.509. The van der Waals surface area contributed by atoms with E-state index in [-0.39, 0.29) is 17.6 Å². The highest BCUT2D eigenvalue weighted by molar-refractivity contribution is 7.88. The molecule has 0 bridgehead atoms. The van der Waals surface area contributed by atoms with Gasteiger partial charge in [0.2, 0.25) is 15.9 Å². The summed E-state index contributed by atoms with van der Waals surface area (Å²) in [4.78, 5) is 15.1. The van der Waals surface area contributed by atoms with Crippen molar-refractivity contribution in [2.75, 3.05) is 32.7 Å². The van der Waals surface area contributed by atoms with Gasteiger partial charge in [0.1, 0.15) is 0 Å². The minimum atomic E-state index is -3.54. The van der Waals surface area contributed by atoms with Crippen LogP contribution in [0.1, 0.15) is 57.4 Å². The molecule has 2 aliphatic rings. The van der Waals surface area contributed by atoms with Crippen LogP contribution in [-0.4, -0.2) is 62.3 Å². The zero-order valence-electron chi connectivity index (χ0n) is 18.9. The van der Waals surface area contributed by atoms with E-state index in [0.717, 1.165) is 13.0 Å². The van der Waals surface area contributed by atoms with Crippen LogP contribution in [0.3, 0.4) is 0 Å². The Balaban J connectivity index is 1.41. The van der Waals surface area contributed by atoms with Gasteiger partial charge in [-0.1, -0.05) is 42.6 Å². The fourth-order valence-corrected chi connectivity index (χ4v) is 7.11. The van der Waals surface area contributed by atoms with Gasteiger partial charge in [-0.25, -0.2) is 12.7 Å². The fourth-order valence-electron chi connectivity index (χ4n) is 4.79. The average molecular weight is 505 g/mol. The molecule has 9 heteroatoms. The molecule has 0 saturated carbocycles. The maximum Gasteiger partial charge on any atom is 0.223 e. The lowest BCUT2D eigenvalue weighted by atomic mass is 9.97. The first-order valence-corrected chi connectivity index (χ1v) is 14.1. The summed E-state index contributed by atoms with van der Waals surface area (Å²) in [6.07, 6.45) is 7.09. The van der Waals surface area contributed by atoms with Crippen LogP contribution in [0.2, 0.25) is 10.0 Å². The molecular weight excluding hydrogens is 469 g/mol. The van der Waals surface area contributed by atoms with Crippen molar-refractivity contribution in [3.8, 4) is 0 Å². The van der Waals surface area contributed by atoms with Crippen molar-refractivity contribution in [2.45, 2.75) is 63.7 Å². The molecule has 2 heterocycles. The molecule has 180 valence electrons. The normalized spacial score (nSPS) is 21.5. The molecule has 0 unspecified atom stereocenters. The zero-order chi connectivity index (χ0) is 23.1. The number of carbonyl (C=O) groups is 1. The van der Waals surface area contributed by atoms with Crippen LogP contribution in [0.4, 0.5) is 0 Å². The van der Waals surface area contributed by atoms with Gasteiger partial charge in [0, 0.05) is 53.7 Å². The SMILES string of the molecule is CC[C@H]1CCCCN1CCCNC(=O)C1CCN(S(=O)(=O)Cc2c(Cl)cccc2Cl)CC1. The minimum Gasteiger partial charge on any atom is -0.356 e. The number of rotatable bonds is 9. The van der Waals surface area contributed by atoms with E-state index in [4.69, 9.17) is 23.2 Å². The van der Waals surface area contributed by atoms with Crippen molar-refractivity contribution in [2.24, 2.45) is 5.92 Å². The summed E-state index contributed by atoms with van der Waals surface area (Å²) in [5.41, 5.74) is 0.426. The summed E-state index contributed by atoms with van der Waals surface area (Å²) >= 11 is 12.3. The largest absolute Gasteiger partial charge is 0.356 e. The molecule has 2 fully saturated rings. The third-order valence-electron chi connectivity index (χ3n) is 6.75. The number of hydrogen-bond donors (Lipinski definition) is 1. The molecule has 1 amide bonds. The number of likely N-dealkylation sites (tertiary alicyclic amines) is 1. The summed E-state index contributed by atoms with van der Waals surface area (Å²) in [5, 5.41) is 3.77. The van der Waals surface area contributed by atoms with Crippen LogP contribution in [-0.2, 0) is 20.6 Å². The lowest BCUT2D eigenvalue weighted by molar-refractivity contribution is -0.126. The highest BCUT2D eigenvalue weighted by Crippen LogP contribution is 2.29. The molecule has 0 aliphatic carbocycles. The summed E-state index contributed by atoms with van der Waals surface area (Å²) in [6, 6.07) is 5.66. The van der Waals surface area contributed by atoms with E-state index in [1.54, 1.807) is 18.2 Å². The number of benzene rings is 1. The zero-order valence-corrected chi connectivity index (χ0v) is 21.2. The van der Waals surface area contributed by atoms with Crippen molar-refractivity contribution in [3.05, 3.63) is 33.8 Å². The smallest absolute Gasteiger partial charge is 0.223 e. The lowest BCUT2D eigenvalue weighted by Crippen LogP contribution is -2.44. The molecule has 0 radical (unpaired) electrons. The number of sulfonamides is 1. The van der Waals surface area contributed by atoms with E-state index >= 15 is 0 Å². The van der Waals surface area contributed by atoms with Gasteiger partial charge in [-0.2, -0.15) is 0 Å². The van der Waals surface area contributed by atoms with Crippen LogP contribution in [0, 0.1) is 5.92 Å². The first kappa shape index (κ1) is 25.8. The van der Waals surface area contributed by atoms with E-state index < -0.39 is 10.0 Å². The van der Waals surface area contributed by atoms with Crippen LogP contribution in [0.15, 0.2) is 18.2 Å². The van der Waals surface area contributed by atoms with Gasteiger partial charge < -0.3 is 10.2 Å². The monoisotopic (exact) mass is 503 g/mol. The van der Waals surface area contributed by atoms with Gasteiger partial charge in [-0.15, -0.1) is 0 Å². The highest BCUT2D eigenvalue weighted by Gasteiger charge is 2.32. The molecule has 1 N–H and O–H groups in total. The number of nitrogens with zero attached hydrogens (tertiary/aromatic N) is 2. The molecule has 3 rings (SSSR count). The Morgan fingerprint density at radius 3 is 2.44 bits per heavy atom. The van der Waals surface area contributed by atoms with Crippen molar-refractivity contribution >= 4 is 39.1 Å². The van der Waals surface area contributed by atoms with Gasteiger partial charge in [0.25, 0.3) is 0 Å². The number of halogens is 2. The maximum atomic E-state index is 12.9. The third-order valence-corrected chi connectivity index (χ3v) is 9.26. The molecule has 1 aromatic rings. The van der Waals surface area contributed by atoms with E-state index in [9.17, 15) is 13.2 Å². The molecule has 2 aliphatic heterocycles. The van der Waals surface area contributed by atoms with Crippen molar-refractivity contribution < 1.29 is 13.2 Å². The standard InChI is InChI=1S/C23H35Cl2N3O3S/c1-2-19-7-3-4-13-27(19)14-6-12-26-23(29)18-10-15-28(16-11-18)32(30,31)17-20-21(24)8-5-9-22(20)25/h5,8-9,18-19H,2-4,6-7,10-17H2,1H3,(H,26,29)/t19-/m0/s1. The van der Waals surface area contributed by atoms with Gasteiger partial charge in [0.05, 0.1) is 5.75 Å². The maximum absolute atomic E-state index is 12.9. The minimum absolute atomic E-state index is 0.0434. The Morgan fingerprint density at radius 2 is 1.78 bits per heavy atom. The second kappa shape index (κ2) is 12.0. The molecule has 1 aromatic carbocycles. The number of piperidine rings is 2. The summed E-state index contributed by atoms with van der Waals surface area (Å²) < 4.78 is 27.2. The number of carbonyl (C=O) groups excluding carboxylic acids is 1. The summed E-state index contributed by atoms with van der Waals surface area (Å²) in [5.74, 6) is -0.317. The third kappa shape index (κ3) is 6.83. The molecule has 6 nitrogen and oxygen atoms in total. The predicted molar refractivity (Wildman–Crippen MR) is 131 cm³/mol. The first-order chi connectivity index (χ1) is 15.3. The van der Waals surface area contributed by atoms with Crippen LogP contribution in [0.5, 0.6) is 0 Å². The molecule has 0 spiro atoms. The Hall–Kier alpha value is -0.860. The first-order valence-electron chi connectivity index (χ1n) is 11.7. The lowest BCUT2D eigenvalue weighted by Gasteiger charge is -2.35. The topological polar surface area (TPSA) is 69.7 Å². The fraction of sp³-hybridized carbons (Fsp3) is 0.696. The Bertz CT molecular complexity index is 853. The van der Waals surface area contributed by atoms with Gasteiger partial charge in [-0.05, 0) is 57.2 Å². The van der Waals surface area contributed by atoms with E-state index in [1.165, 1.54) is 36.5 Å². The Kier molecular flexibility index (Phi) is 9.68. The molecular formula is C23H35Cl2N3O3S. The Labute approximate surface area is 202 Å². The number of nitrogens with one attached hydrogen (secondary N) is 1. The van der Waals surface area contributed by atoms with E-state index in [0.29, 0.717) is 54.1 Å². The summed E-state index contributed by atoms with van der Waals surface area (Å²) in [6.45, 7) is 5.80. The van der Waals surface area contributed by atoms with Crippen molar-refractivity contribution in [3.63, 3.8) is 0 Å². The van der Waals surface area contributed by atoms with Gasteiger partial charge >= 0.3 is 0 Å². The number of amides is 1. The average Bonchev–Trinajstić information content (AvgIpc) is 2.79.